The summed E-state index contributed by atoms with van der Waals surface area (Å²) in [7, 11) is 0. The van der Waals surface area contributed by atoms with E-state index in [1.165, 1.54) is 12.1 Å². The summed E-state index contributed by atoms with van der Waals surface area (Å²) in [4.78, 5) is 0. The van der Waals surface area contributed by atoms with Gasteiger partial charge in [0.15, 0.2) is 5.38 Å². The van der Waals surface area contributed by atoms with Gasteiger partial charge in [0.2, 0.25) is 0 Å². The van der Waals surface area contributed by atoms with Crippen LogP contribution in [-0.4, -0.2) is 6.18 Å². The van der Waals surface area contributed by atoms with Gasteiger partial charge in [0.25, 0.3) is 0 Å². The van der Waals surface area contributed by atoms with Crippen LogP contribution in [0.4, 0.5) is 13.2 Å². The molecule has 0 amide bonds. The van der Waals surface area contributed by atoms with Gasteiger partial charge in [0.05, 0.1) is 0 Å². The molecule has 1 unspecified atom stereocenters. The van der Waals surface area contributed by atoms with Crippen LogP contribution in [0.1, 0.15) is 10.9 Å². The van der Waals surface area contributed by atoms with Gasteiger partial charge in [-0.05, 0) is 17.0 Å². The van der Waals surface area contributed by atoms with Gasteiger partial charge in [-0.1, -0.05) is 41.9 Å². The van der Waals surface area contributed by atoms with Crippen molar-refractivity contribution >= 4 is 34.0 Å². The SMILES string of the molecule is FC(F)(F)C(Cl)c1ccc(Cl)c2ccccc12. The summed E-state index contributed by atoms with van der Waals surface area (Å²) in [5.74, 6) is 0. The van der Waals surface area contributed by atoms with E-state index >= 15 is 0 Å². The minimum atomic E-state index is -4.47. The van der Waals surface area contributed by atoms with Crippen LogP contribution in [0.25, 0.3) is 10.8 Å². The topological polar surface area (TPSA) is 0 Å². The Hall–Kier alpha value is -0.930. The second-order valence-electron chi connectivity index (χ2n) is 3.59. The molecule has 0 radical (unpaired) electrons. The molecule has 2 aromatic rings. The Kier molecular flexibility index (Phi) is 3.23. The zero-order chi connectivity index (χ0) is 12.6. The fourth-order valence-electron chi connectivity index (χ4n) is 1.68. The molecule has 0 fully saturated rings. The summed E-state index contributed by atoms with van der Waals surface area (Å²) >= 11 is 11.4. The first kappa shape index (κ1) is 12.5. The Morgan fingerprint density at radius 3 is 2.12 bits per heavy atom. The maximum Gasteiger partial charge on any atom is 0.408 e. The summed E-state index contributed by atoms with van der Waals surface area (Å²) in [6.07, 6.45) is -4.47. The Labute approximate surface area is 106 Å². The molecule has 0 nitrogen and oxygen atoms in total. The van der Waals surface area contributed by atoms with Crippen LogP contribution in [0.2, 0.25) is 5.02 Å². The summed E-state index contributed by atoms with van der Waals surface area (Å²) in [6, 6.07) is 9.37. The van der Waals surface area contributed by atoms with Gasteiger partial charge in [0, 0.05) is 10.4 Å². The molecule has 90 valence electrons. The van der Waals surface area contributed by atoms with Crippen molar-refractivity contribution in [3.05, 3.63) is 47.0 Å². The average molecular weight is 279 g/mol. The first-order valence-electron chi connectivity index (χ1n) is 4.79. The highest BCUT2D eigenvalue weighted by Crippen LogP contribution is 2.41. The second kappa shape index (κ2) is 4.39. The van der Waals surface area contributed by atoms with Gasteiger partial charge in [-0.25, -0.2) is 0 Å². The van der Waals surface area contributed by atoms with E-state index in [0.717, 1.165) is 0 Å². The quantitative estimate of drug-likeness (QED) is 0.618. The molecule has 0 aliphatic carbocycles. The highest BCUT2D eigenvalue weighted by Gasteiger charge is 2.40. The van der Waals surface area contributed by atoms with Crippen molar-refractivity contribution in [3.8, 4) is 0 Å². The Morgan fingerprint density at radius 1 is 0.941 bits per heavy atom. The molecule has 2 aromatic carbocycles. The van der Waals surface area contributed by atoms with E-state index in [4.69, 9.17) is 23.2 Å². The third kappa shape index (κ3) is 2.35. The van der Waals surface area contributed by atoms with Crippen LogP contribution in [0, 0.1) is 0 Å². The number of halogens is 5. The summed E-state index contributed by atoms with van der Waals surface area (Å²) in [6.45, 7) is 0. The normalized spacial score (nSPS) is 13.9. The minimum Gasteiger partial charge on any atom is -0.169 e. The number of rotatable bonds is 1. The molecule has 1 atom stereocenters. The van der Waals surface area contributed by atoms with Crippen molar-refractivity contribution in [2.24, 2.45) is 0 Å². The smallest absolute Gasteiger partial charge is 0.169 e. The predicted octanol–water partition coefficient (Wildman–Crippen LogP) is 5.34. The van der Waals surface area contributed by atoms with Crippen LogP contribution >= 0.6 is 23.2 Å². The Bertz CT molecular complexity index is 549. The van der Waals surface area contributed by atoms with Gasteiger partial charge in [-0.15, -0.1) is 11.6 Å². The molecule has 0 aromatic heterocycles. The number of benzene rings is 2. The summed E-state index contributed by atoms with van der Waals surface area (Å²) in [5.41, 5.74) is 0.0270. The number of alkyl halides is 4. The van der Waals surface area contributed by atoms with Gasteiger partial charge >= 0.3 is 6.18 Å². The maximum atomic E-state index is 12.6. The van der Waals surface area contributed by atoms with Crippen LogP contribution in [0.5, 0.6) is 0 Å². The largest absolute Gasteiger partial charge is 0.408 e. The van der Waals surface area contributed by atoms with E-state index in [0.29, 0.717) is 15.8 Å². The zero-order valence-corrected chi connectivity index (χ0v) is 9.94. The third-order valence-electron chi connectivity index (χ3n) is 2.47. The lowest BCUT2D eigenvalue weighted by molar-refractivity contribution is -0.131. The van der Waals surface area contributed by atoms with Crippen molar-refractivity contribution in [2.75, 3.05) is 0 Å². The van der Waals surface area contributed by atoms with Crippen LogP contribution in [0.15, 0.2) is 36.4 Å². The lowest BCUT2D eigenvalue weighted by Crippen LogP contribution is -2.15. The predicted molar refractivity (Wildman–Crippen MR) is 63.6 cm³/mol. The lowest BCUT2D eigenvalue weighted by atomic mass is 10.0. The molecule has 0 saturated carbocycles. The van der Waals surface area contributed by atoms with Crippen molar-refractivity contribution < 1.29 is 13.2 Å². The molecule has 2 rings (SSSR count). The van der Waals surface area contributed by atoms with E-state index in [9.17, 15) is 13.2 Å². The van der Waals surface area contributed by atoms with Crippen LogP contribution in [0.3, 0.4) is 0 Å². The van der Waals surface area contributed by atoms with Crippen molar-refractivity contribution in [2.45, 2.75) is 11.6 Å². The third-order valence-corrected chi connectivity index (χ3v) is 3.28. The lowest BCUT2D eigenvalue weighted by Gasteiger charge is -2.16. The number of hydrogen-bond acceptors (Lipinski definition) is 0. The first-order valence-corrected chi connectivity index (χ1v) is 5.60. The molecule has 0 heterocycles. The molecule has 0 spiro atoms. The number of fused-ring (bicyclic) bond motifs is 1. The molecule has 17 heavy (non-hydrogen) atoms. The molecular weight excluding hydrogens is 272 g/mol. The van der Waals surface area contributed by atoms with E-state index in [-0.39, 0.29) is 5.56 Å². The van der Waals surface area contributed by atoms with Crippen LogP contribution < -0.4 is 0 Å². The highest BCUT2D eigenvalue weighted by molar-refractivity contribution is 6.35. The fourth-order valence-corrected chi connectivity index (χ4v) is 2.10. The van der Waals surface area contributed by atoms with Crippen LogP contribution in [-0.2, 0) is 0 Å². The first-order chi connectivity index (χ1) is 7.91. The average Bonchev–Trinajstić information content (AvgIpc) is 2.28. The molecule has 0 bridgehead atoms. The standard InChI is InChI=1S/C12H7Cl2F3/c13-10-6-5-9(11(14)12(15,16)17)7-3-1-2-4-8(7)10/h1-6,11H. The minimum absolute atomic E-state index is 0.0270. The van der Waals surface area contributed by atoms with E-state index < -0.39 is 11.6 Å². The van der Waals surface area contributed by atoms with Gasteiger partial charge < -0.3 is 0 Å². The van der Waals surface area contributed by atoms with E-state index in [1.807, 2.05) is 0 Å². The van der Waals surface area contributed by atoms with E-state index in [1.54, 1.807) is 24.3 Å². The Balaban J connectivity index is 2.67. The Morgan fingerprint density at radius 2 is 1.53 bits per heavy atom. The monoisotopic (exact) mass is 278 g/mol. The van der Waals surface area contributed by atoms with Gasteiger partial charge in [-0.3, -0.25) is 0 Å². The van der Waals surface area contributed by atoms with Gasteiger partial charge in [0.1, 0.15) is 0 Å². The highest BCUT2D eigenvalue weighted by atomic mass is 35.5. The van der Waals surface area contributed by atoms with Crippen molar-refractivity contribution in [1.29, 1.82) is 0 Å². The fraction of sp³-hybridized carbons (Fsp3) is 0.167. The zero-order valence-electron chi connectivity index (χ0n) is 8.43. The molecule has 5 heteroatoms. The second-order valence-corrected chi connectivity index (χ2v) is 4.43. The van der Waals surface area contributed by atoms with Crippen molar-refractivity contribution in [1.82, 2.24) is 0 Å². The molecule has 0 N–H and O–H groups in total. The number of hydrogen-bond donors (Lipinski definition) is 0. The summed E-state index contributed by atoms with van der Waals surface area (Å²) < 4.78 is 37.8. The molecule has 0 aliphatic heterocycles. The van der Waals surface area contributed by atoms with E-state index in [2.05, 4.69) is 0 Å². The summed E-state index contributed by atoms with van der Waals surface area (Å²) in [5, 5.41) is -0.612. The van der Waals surface area contributed by atoms with Crippen molar-refractivity contribution in [3.63, 3.8) is 0 Å². The molecular formula is C12H7Cl2F3. The molecule has 0 aliphatic rings. The molecule has 0 saturated heterocycles. The maximum absolute atomic E-state index is 12.6. The van der Waals surface area contributed by atoms with Gasteiger partial charge in [-0.2, -0.15) is 13.2 Å².